The van der Waals surface area contributed by atoms with E-state index in [9.17, 15) is 4.39 Å². The molecule has 0 atom stereocenters. The topological polar surface area (TPSA) is 38.5 Å². The maximum absolute atomic E-state index is 13.3. The summed E-state index contributed by atoms with van der Waals surface area (Å²) in [6.07, 6.45) is 0. The normalized spacial score (nSPS) is 10.4. The predicted molar refractivity (Wildman–Crippen MR) is 65.2 cm³/mol. The zero-order chi connectivity index (χ0) is 12.0. The number of nitrogen functional groups attached to an aromatic ring is 1. The van der Waals surface area contributed by atoms with E-state index in [2.05, 4.69) is 0 Å². The van der Waals surface area contributed by atoms with Crippen molar-refractivity contribution < 1.29 is 9.13 Å². The Balaban J connectivity index is 2.74. The zero-order valence-corrected chi connectivity index (χ0v) is 9.87. The van der Waals surface area contributed by atoms with Crippen molar-refractivity contribution in [1.82, 2.24) is 0 Å². The molecular weight excluding hydrogens is 207 g/mol. The van der Waals surface area contributed by atoms with Crippen LogP contribution >= 0.6 is 0 Å². The number of anilines is 2. The molecule has 0 aromatic heterocycles. The van der Waals surface area contributed by atoms with Gasteiger partial charge in [-0.15, -0.1) is 0 Å². The average molecular weight is 226 g/mol. The summed E-state index contributed by atoms with van der Waals surface area (Å²) in [7, 11) is 0. The van der Waals surface area contributed by atoms with Gasteiger partial charge in [0.15, 0.2) is 0 Å². The number of hydrogen-bond acceptors (Lipinski definition) is 3. The Labute approximate surface area is 96.0 Å². The minimum Gasteiger partial charge on any atom is -0.395 e. The Bertz CT molecular complexity index is 331. The van der Waals surface area contributed by atoms with Gasteiger partial charge in [-0.1, -0.05) is 6.07 Å². The first kappa shape index (κ1) is 12.8. The molecular formula is C12H19FN2O. The van der Waals surface area contributed by atoms with E-state index >= 15 is 0 Å². The van der Waals surface area contributed by atoms with E-state index < -0.39 is 0 Å². The lowest BCUT2D eigenvalue weighted by Crippen LogP contribution is -2.28. The van der Waals surface area contributed by atoms with E-state index in [4.69, 9.17) is 10.5 Å². The van der Waals surface area contributed by atoms with Crippen LogP contribution in [0.2, 0.25) is 0 Å². The molecule has 1 aromatic carbocycles. The fourth-order valence-electron chi connectivity index (χ4n) is 1.57. The Morgan fingerprint density at radius 1 is 1.38 bits per heavy atom. The minimum atomic E-state index is -0.368. The summed E-state index contributed by atoms with van der Waals surface area (Å²) in [6.45, 7) is 6.78. The van der Waals surface area contributed by atoms with Gasteiger partial charge in [0.1, 0.15) is 5.82 Å². The van der Waals surface area contributed by atoms with E-state index in [1.807, 2.05) is 24.8 Å². The van der Waals surface area contributed by atoms with Crippen LogP contribution in [0.1, 0.15) is 13.8 Å². The summed E-state index contributed by atoms with van der Waals surface area (Å²) in [5, 5.41) is 0. The molecule has 0 unspecified atom stereocenters. The lowest BCUT2D eigenvalue weighted by atomic mass is 10.2. The average Bonchev–Trinajstić information content (AvgIpc) is 2.29. The third kappa shape index (κ3) is 3.10. The minimum absolute atomic E-state index is 0.209. The highest BCUT2D eigenvalue weighted by Gasteiger charge is 2.10. The van der Waals surface area contributed by atoms with Gasteiger partial charge >= 0.3 is 0 Å². The van der Waals surface area contributed by atoms with Crippen LogP contribution in [0, 0.1) is 5.82 Å². The van der Waals surface area contributed by atoms with Gasteiger partial charge in [0.05, 0.1) is 18.0 Å². The fraction of sp³-hybridized carbons (Fsp3) is 0.500. The van der Waals surface area contributed by atoms with Crippen LogP contribution < -0.4 is 10.6 Å². The molecule has 0 aliphatic heterocycles. The van der Waals surface area contributed by atoms with Crippen LogP contribution in [-0.2, 0) is 4.74 Å². The largest absolute Gasteiger partial charge is 0.395 e. The number of nitrogens with zero attached hydrogens (tertiary/aromatic N) is 1. The van der Waals surface area contributed by atoms with Gasteiger partial charge in [-0.3, -0.25) is 0 Å². The van der Waals surface area contributed by atoms with E-state index in [0.29, 0.717) is 13.2 Å². The van der Waals surface area contributed by atoms with Crippen LogP contribution in [0.3, 0.4) is 0 Å². The van der Waals surface area contributed by atoms with Crippen molar-refractivity contribution in [1.29, 1.82) is 0 Å². The Hall–Kier alpha value is -1.29. The van der Waals surface area contributed by atoms with Crippen molar-refractivity contribution in [2.75, 3.05) is 36.9 Å². The lowest BCUT2D eigenvalue weighted by molar-refractivity contribution is 0.154. The molecule has 0 bridgehead atoms. The van der Waals surface area contributed by atoms with Gasteiger partial charge in [-0.2, -0.15) is 0 Å². The Kier molecular flexibility index (Phi) is 5.05. The summed E-state index contributed by atoms with van der Waals surface area (Å²) in [5.41, 5.74) is 6.65. The molecule has 0 fully saturated rings. The molecule has 0 saturated heterocycles. The number of likely N-dealkylation sites (N-methyl/N-ethyl adjacent to an activating group) is 1. The van der Waals surface area contributed by atoms with E-state index in [-0.39, 0.29) is 11.5 Å². The second-order valence-corrected chi connectivity index (χ2v) is 3.45. The molecule has 1 aromatic rings. The molecule has 0 saturated carbocycles. The van der Waals surface area contributed by atoms with E-state index in [1.54, 1.807) is 6.07 Å². The van der Waals surface area contributed by atoms with Gasteiger partial charge in [-0.25, -0.2) is 4.39 Å². The van der Waals surface area contributed by atoms with Crippen LogP contribution in [-0.4, -0.2) is 26.3 Å². The van der Waals surface area contributed by atoms with Gasteiger partial charge < -0.3 is 15.4 Å². The first-order valence-corrected chi connectivity index (χ1v) is 5.57. The zero-order valence-electron chi connectivity index (χ0n) is 9.87. The van der Waals surface area contributed by atoms with Crippen LogP contribution in [0.4, 0.5) is 15.8 Å². The summed E-state index contributed by atoms with van der Waals surface area (Å²) in [6, 6.07) is 4.87. The van der Waals surface area contributed by atoms with Crippen molar-refractivity contribution in [3.05, 3.63) is 24.0 Å². The van der Waals surface area contributed by atoms with Gasteiger partial charge in [-0.05, 0) is 26.0 Å². The molecule has 0 heterocycles. The Morgan fingerprint density at radius 2 is 2.12 bits per heavy atom. The second-order valence-electron chi connectivity index (χ2n) is 3.45. The van der Waals surface area contributed by atoms with Gasteiger partial charge in [0, 0.05) is 19.7 Å². The molecule has 0 radical (unpaired) electrons. The molecule has 0 amide bonds. The van der Waals surface area contributed by atoms with Crippen LogP contribution in [0.5, 0.6) is 0 Å². The number of ether oxygens (including phenoxy) is 1. The highest BCUT2D eigenvalue weighted by atomic mass is 19.1. The van der Waals surface area contributed by atoms with Crippen molar-refractivity contribution in [2.24, 2.45) is 0 Å². The van der Waals surface area contributed by atoms with Crippen molar-refractivity contribution in [3.8, 4) is 0 Å². The fourth-order valence-corrected chi connectivity index (χ4v) is 1.57. The summed E-state index contributed by atoms with van der Waals surface area (Å²) in [5.74, 6) is -0.368. The summed E-state index contributed by atoms with van der Waals surface area (Å²) < 4.78 is 18.6. The summed E-state index contributed by atoms with van der Waals surface area (Å²) >= 11 is 0. The number of benzene rings is 1. The van der Waals surface area contributed by atoms with Crippen LogP contribution in [0.25, 0.3) is 0 Å². The number of hydrogen-bond donors (Lipinski definition) is 1. The molecule has 4 heteroatoms. The van der Waals surface area contributed by atoms with Crippen molar-refractivity contribution in [2.45, 2.75) is 13.8 Å². The molecule has 2 N–H and O–H groups in total. The van der Waals surface area contributed by atoms with Crippen molar-refractivity contribution >= 4 is 11.4 Å². The SMILES string of the molecule is CCOCCN(CC)c1cccc(F)c1N. The molecule has 90 valence electrons. The highest BCUT2D eigenvalue weighted by molar-refractivity contribution is 5.67. The van der Waals surface area contributed by atoms with Gasteiger partial charge in [0.2, 0.25) is 0 Å². The molecule has 0 aliphatic carbocycles. The lowest BCUT2D eigenvalue weighted by Gasteiger charge is -2.24. The van der Waals surface area contributed by atoms with Gasteiger partial charge in [0.25, 0.3) is 0 Å². The van der Waals surface area contributed by atoms with Crippen molar-refractivity contribution in [3.63, 3.8) is 0 Å². The third-order valence-corrected chi connectivity index (χ3v) is 2.46. The first-order chi connectivity index (χ1) is 7.70. The molecule has 0 spiro atoms. The quantitative estimate of drug-likeness (QED) is 0.597. The number of halogens is 1. The maximum Gasteiger partial charge on any atom is 0.148 e. The predicted octanol–water partition coefficient (Wildman–Crippen LogP) is 2.27. The highest BCUT2D eigenvalue weighted by Crippen LogP contribution is 2.25. The monoisotopic (exact) mass is 226 g/mol. The Morgan fingerprint density at radius 3 is 2.75 bits per heavy atom. The van der Waals surface area contributed by atoms with E-state index in [0.717, 1.165) is 18.8 Å². The maximum atomic E-state index is 13.3. The molecule has 0 aliphatic rings. The second kappa shape index (κ2) is 6.33. The smallest absolute Gasteiger partial charge is 0.148 e. The standard InChI is InChI=1S/C12H19FN2O/c1-3-15(8-9-16-4-2)11-7-5-6-10(13)12(11)14/h5-7H,3-4,8-9,14H2,1-2H3. The van der Waals surface area contributed by atoms with Crippen LogP contribution in [0.15, 0.2) is 18.2 Å². The first-order valence-electron chi connectivity index (χ1n) is 5.57. The number of rotatable bonds is 6. The molecule has 3 nitrogen and oxygen atoms in total. The summed E-state index contributed by atoms with van der Waals surface area (Å²) in [4.78, 5) is 2.01. The number of para-hydroxylation sites is 1. The third-order valence-electron chi connectivity index (χ3n) is 2.46. The number of nitrogens with two attached hydrogens (primary N) is 1. The van der Waals surface area contributed by atoms with E-state index in [1.165, 1.54) is 6.07 Å². The molecule has 1 rings (SSSR count). The molecule has 16 heavy (non-hydrogen) atoms.